The second-order valence-corrected chi connectivity index (χ2v) is 6.45. The van der Waals surface area contributed by atoms with Crippen LogP contribution in [-0.4, -0.2) is 50.2 Å². The van der Waals surface area contributed by atoms with Crippen LogP contribution >= 0.6 is 0 Å². The van der Waals surface area contributed by atoms with Crippen molar-refractivity contribution in [1.82, 2.24) is 25.0 Å². The van der Waals surface area contributed by atoms with Gasteiger partial charge in [0, 0.05) is 31.4 Å². The van der Waals surface area contributed by atoms with E-state index < -0.39 is 0 Å². The molecule has 2 aromatic rings. The first kappa shape index (κ1) is 14.6. The summed E-state index contributed by atoms with van der Waals surface area (Å²) in [7, 11) is 0. The van der Waals surface area contributed by atoms with E-state index >= 15 is 0 Å². The number of anilines is 1. The molecule has 0 bridgehead atoms. The van der Waals surface area contributed by atoms with Crippen LogP contribution in [0, 0.1) is 6.92 Å². The van der Waals surface area contributed by atoms with Crippen molar-refractivity contribution >= 4 is 5.82 Å². The third-order valence-electron chi connectivity index (χ3n) is 4.65. The van der Waals surface area contributed by atoms with Crippen molar-refractivity contribution in [3.8, 4) is 0 Å². The van der Waals surface area contributed by atoms with Crippen LogP contribution < -0.4 is 4.90 Å². The Morgan fingerprint density at radius 2 is 2.00 bits per heavy atom. The molecular formula is C16H22N6O. The highest BCUT2D eigenvalue weighted by Crippen LogP contribution is 2.35. The lowest BCUT2D eigenvalue weighted by Gasteiger charge is -2.39. The fraction of sp³-hybridized carbons (Fsp3) is 0.625. The van der Waals surface area contributed by atoms with E-state index in [1.54, 1.807) is 6.33 Å². The molecule has 2 aromatic heterocycles. The molecule has 0 spiro atoms. The summed E-state index contributed by atoms with van der Waals surface area (Å²) >= 11 is 0. The van der Waals surface area contributed by atoms with Crippen molar-refractivity contribution in [2.75, 3.05) is 18.0 Å². The first-order chi connectivity index (χ1) is 11.3. The van der Waals surface area contributed by atoms with Crippen LogP contribution in [0.1, 0.15) is 37.4 Å². The molecule has 3 heterocycles. The molecule has 2 aliphatic rings. The third-order valence-corrected chi connectivity index (χ3v) is 4.65. The van der Waals surface area contributed by atoms with Gasteiger partial charge in [-0.2, -0.15) is 4.98 Å². The fourth-order valence-electron chi connectivity index (χ4n) is 3.41. The Hall–Kier alpha value is -2.02. The van der Waals surface area contributed by atoms with E-state index in [9.17, 15) is 0 Å². The lowest BCUT2D eigenvalue weighted by atomic mass is 10.0. The van der Waals surface area contributed by atoms with Crippen molar-refractivity contribution in [3.63, 3.8) is 0 Å². The van der Waals surface area contributed by atoms with E-state index in [1.165, 1.54) is 12.8 Å². The average molecular weight is 314 g/mol. The Kier molecular flexibility index (Phi) is 3.95. The number of likely N-dealkylation sites (tertiary alicyclic amines) is 1. The van der Waals surface area contributed by atoms with Crippen molar-refractivity contribution in [1.29, 1.82) is 0 Å². The first-order valence-electron chi connectivity index (χ1n) is 8.35. The Balaban J connectivity index is 1.38. The molecule has 0 radical (unpaired) electrons. The van der Waals surface area contributed by atoms with E-state index in [-0.39, 0.29) is 0 Å². The number of piperidine rings is 1. The van der Waals surface area contributed by atoms with Gasteiger partial charge in [-0.1, -0.05) is 5.16 Å². The zero-order valence-electron chi connectivity index (χ0n) is 13.4. The minimum Gasteiger partial charge on any atom is -0.350 e. The Morgan fingerprint density at radius 3 is 2.61 bits per heavy atom. The van der Waals surface area contributed by atoms with Crippen LogP contribution in [0.15, 0.2) is 23.1 Å². The quantitative estimate of drug-likeness (QED) is 0.833. The van der Waals surface area contributed by atoms with E-state index in [4.69, 9.17) is 4.52 Å². The molecule has 0 unspecified atom stereocenters. The maximum Gasteiger partial charge on any atom is 0.240 e. The zero-order valence-corrected chi connectivity index (χ0v) is 13.4. The summed E-state index contributed by atoms with van der Waals surface area (Å²) in [4.78, 5) is 17.7. The second-order valence-electron chi connectivity index (χ2n) is 6.45. The molecule has 4 rings (SSSR count). The minimum atomic E-state index is 0.568. The van der Waals surface area contributed by atoms with Crippen molar-refractivity contribution in [3.05, 3.63) is 30.3 Å². The van der Waals surface area contributed by atoms with E-state index in [0.29, 0.717) is 17.9 Å². The van der Waals surface area contributed by atoms with E-state index in [1.807, 2.05) is 19.2 Å². The monoisotopic (exact) mass is 314 g/mol. The number of nitrogens with zero attached hydrogens (tertiary/aromatic N) is 6. The summed E-state index contributed by atoms with van der Waals surface area (Å²) in [5, 5.41) is 3.86. The van der Waals surface area contributed by atoms with E-state index in [0.717, 1.165) is 44.2 Å². The maximum absolute atomic E-state index is 5.23. The number of aryl methyl sites for hydroxylation is 1. The summed E-state index contributed by atoms with van der Waals surface area (Å²) in [5.74, 6) is 2.50. The Morgan fingerprint density at radius 1 is 1.22 bits per heavy atom. The molecule has 1 saturated heterocycles. The fourth-order valence-corrected chi connectivity index (χ4v) is 3.41. The molecule has 122 valence electrons. The van der Waals surface area contributed by atoms with Crippen molar-refractivity contribution in [2.24, 2.45) is 0 Å². The predicted octanol–water partition coefficient (Wildman–Crippen LogP) is 1.80. The van der Waals surface area contributed by atoms with Gasteiger partial charge in [0.25, 0.3) is 0 Å². The Bertz CT molecular complexity index is 633. The van der Waals surface area contributed by atoms with Crippen LogP contribution in [0.5, 0.6) is 0 Å². The van der Waals surface area contributed by atoms with Gasteiger partial charge in [0.2, 0.25) is 5.89 Å². The lowest BCUT2D eigenvalue weighted by Crippen LogP contribution is -2.46. The van der Waals surface area contributed by atoms with Crippen molar-refractivity contribution < 1.29 is 4.52 Å². The first-order valence-corrected chi connectivity index (χ1v) is 8.35. The van der Waals surface area contributed by atoms with Crippen LogP contribution in [0.25, 0.3) is 0 Å². The molecule has 1 saturated carbocycles. The van der Waals surface area contributed by atoms with Gasteiger partial charge in [-0.3, -0.25) is 4.90 Å². The van der Waals surface area contributed by atoms with Gasteiger partial charge in [0.05, 0.1) is 6.54 Å². The van der Waals surface area contributed by atoms with Crippen molar-refractivity contribution in [2.45, 2.75) is 51.2 Å². The molecule has 7 heteroatoms. The summed E-state index contributed by atoms with van der Waals surface area (Å²) in [6.45, 7) is 4.72. The summed E-state index contributed by atoms with van der Waals surface area (Å²) < 4.78 is 5.23. The minimum absolute atomic E-state index is 0.568. The van der Waals surface area contributed by atoms with Gasteiger partial charge in [0.15, 0.2) is 5.82 Å². The SMILES string of the molecule is Cc1noc(CN2CCC(N(c3ccncn3)C3CC3)CC2)n1. The number of hydrogen-bond donors (Lipinski definition) is 0. The summed E-state index contributed by atoms with van der Waals surface area (Å²) in [6.07, 6.45) is 8.35. The summed E-state index contributed by atoms with van der Waals surface area (Å²) in [5.41, 5.74) is 0. The topological polar surface area (TPSA) is 71.2 Å². The molecule has 1 aliphatic carbocycles. The smallest absolute Gasteiger partial charge is 0.240 e. The number of hydrogen-bond acceptors (Lipinski definition) is 7. The third kappa shape index (κ3) is 3.34. The average Bonchev–Trinajstić information content (AvgIpc) is 3.33. The molecule has 0 aromatic carbocycles. The normalized spacial score (nSPS) is 19.9. The molecular weight excluding hydrogens is 292 g/mol. The number of aromatic nitrogens is 4. The standard InChI is InChI=1S/C16H22N6O/c1-12-19-16(23-20-12)10-21-8-5-14(6-9-21)22(13-2-3-13)15-4-7-17-11-18-15/h4,7,11,13-14H,2-3,5-6,8-10H2,1H3. The van der Waals surface area contributed by atoms with Crippen LogP contribution in [-0.2, 0) is 6.54 Å². The summed E-state index contributed by atoms with van der Waals surface area (Å²) in [6, 6.07) is 3.27. The van der Waals surface area contributed by atoms with Gasteiger partial charge in [-0.15, -0.1) is 0 Å². The number of rotatable bonds is 5. The van der Waals surface area contributed by atoms with Crippen LogP contribution in [0.3, 0.4) is 0 Å². The second kappa shape index (κ2) is 6.23. The van der Waals surface area contributed by atoms with Gasteiger partial charge < -0.3 is 9.42 Å². The maximum atomic E-state index is 5.23. The van der Waals surface area contributed by atoms with Gasteiger partial charge in [-0.25, -0.2) is 9.97 Å². The largest absolute Gasteiger partial charge is 0.350 e. The van der Waals surface area contributed by atoms with Gasteiger partial charge in [0.1, 0.15) is 12.1 Å². The zero-order chi connectivity index (χ0) is 15.6. The highest BCUT2D eigenvalue weighted by atomic mass is 16.5. The molecule has 0 amide bonds. The highest BCUT2D eigenvalue weighted by Gasteiger charge is 2.36. The molecule has 7 nitrogen and oxygen atoms in total. The molecule has 23 heavy (non-hydrogen) atoms. The molecule has 0 N–H and O–H groups in total. The van der Waals surface area contributed by atoms with Gasteiger partial charge in [-0.05, 0) is 38.7 Å². The Labute approximate surface area is 135 Å². The molecule has 2 fully saturated rings. The highest BCUT2D eigenvalue weighted by molar-refractivity contribution is 5.41. The van der Waals surface area contributed by atoms with E-state index in [2.05, 4.69) is 29.9 Å². The molecule has 0 atom stereocenters. The van der Waals surface area contributed by atoms with Crippen LogP contribution in [0.2, 0.25) is 0 Å². The lowest BCUT2D eigenvalue weighted by molar-refractivity contribution is 0.178. The van der Waals surface area contributed by atoms with Gasteiger partial charge >= 0.3 is 0 Å². The van der Waals surface area contributed by atoms with Crippen LogP contribution in [0.4, 0.5) is 5.82 Å². The molecule has 1 aliphatic heterocycles. The predicted molar refractivity (Wildman–Crippen MR) is 84.9 cm³/mol.